The van der Waals surface area contributed by atoms with Gasteiger partial charge in [-0.25, -0.2) is 15.8 Å². The number of nitrogens with two attached hydrogens (primary N) is 1. The van der Waals surface area contributed by atoms with E-state index in [9.17, 15) is 0 Å². The topological polar surface area (TPSA) is 63.8 Å². The fraction of sp³-hybridized carbons (Fsp3) is 0. The number of nitrogen functional groups attached to an aromatic ring is 1. The van der Waals surface area contributed by atoms with Crippen LogP contribution in [0.2, 0.25) is 0 Å². The first-order valence-corrected chi connectivity index (χ1v) is 5.15. The maximum atomic E-state index is 5.25. The molecule has 0 unspecified atom stereocenters. The molecule has 0 amide bonds. The third-order valence-electron chi connectivity index (χ3n) is 1.93. The molecule has 0 radical (unpaired) electrons. The van der Waals surface area contributed by atoms with Crippen molar-refractivity contribution in [3.8, 4) is 11.3 Å². The number of benzene rings is 1. The Morgan fingerprint density at radius 3 is 2.73 bits per heavy atom. The molecule has 1 heterocycles. The predicted octanol–water partition coefficient (Wildman–Crippen LogP) is 2.19. The highest BCUT2D eigenvalue weighted by atomic mass is 79.9. The summed E-state index contributed by atoms with van der Waals surface area (Å²) in [6, 6.07) is 9.69. The average molecular weight is 265 g/mol. The van der Waals surface area contributed by atoms with Crippen LogP contribution in [0.1, 0.15) is 0 Å². The van der Waals surface area contributed by atoms with Crippen molar-refractivity contribution in [2.24, 2.45) is 5.84 Å². The summed E-state index contributed by atoms with van der Waals surface area (Å²) in [6.45, 7) is 0. The monoisotopic (exact) mass is 264 g/mol. The van der Waals surface area contributed by atoms with Crippen LogP contribution in [-0.4, -0.2) is 9.97 Å². The smallest absolute Gasteiger partial charge is 0.237 e. The van der Waals surface area contributed by atoms with Crippen LogP contribution in [0.5, 0.6) is 0 Å². The molecule has 0 fully saturated rings. The molecule has 0 atom stereocenters. The van der Waals surface area contributed by atoms with E-state index in [1.54, 1.807) is 6.20 Å². The first-order chi connectivity index (χ1) is 7.31. The molecule has 0 saturated heterocycles. The minimum Gasteiger partial charge on any atom is -0.292 e. The number of nitrogens with one attached hydrogen (secondary N) is 1. The van der Waals surface area contributed by atoms with E-state index in [1.165, 1.54) is 0 Å². The Balaban J connectivity index is 2.49. The van der Waals surface area contributed by atoms with E-state index in [0.717, 1.165) is 15.7 Å². The Morgan fingerprint density at radius 2 is 2.00 bits per heavy atom. The van der Waals surface area contributed by atoms with Crippen molar-refractivity contribution in [3.05, 3.63) is 41.0 Å². The highest BCUT2D eigenvalue weighted by Gasteiger charge is 2.04. The molecular weight excluding hydrogens is 256 g/mol. The minimum atomic E-state index is 0.406. The second-order valence-electron chi connectivity index (χ2n) is 2.89. The highest BCUT2D eigenvalue weighted by molar-refractivity contribution is 9.10. The predicted molar refractivity (Wildman–Crippen MR) is 63.0 cm³/mol. The van der Waals surface area contributed by atoms with Gasteiger partial charge < -0.3 is 0 Å². The largest absolute Gasteiger partial charge is 0.292 e. The zero-order chi connectivity index (χ0) is 10.7. The fourth-order valence-electron chi connectivity index (χ4n) is 1.25. The molecule has 0 aliphatic carbocycles. The molecule has 2 aromatic rings. The molecule has 0 aliphatic heterocycles. The Bertz CT molecular complexity index is 472. The molecule has 4 nitrogen and oxygen atoms in total. The molecule has 0 saturated carbocycles. The van der Waals surface area contributed by atoms with Gasteiger partial charge in [-0.15, -0.1) is 0 Å². The van der Waals surface area contributed by atoms with E-state index in [2.05, 4.69) is 31.3 Å². The van der Waals surface area contributed by atoms with Gasteiger partial charge >= 0.3 is 0 Å². The maximum Gasteiger partial charge on any atom is 0.237 e. The molecule has 5 heteroatoms. The Morgan fingerprint density at radius 1 is 1.20 bits per heavy atom. The van der Waals surface area contributed by atoms with E-state index in [0.29, 0.717) is 5.95 Å². The first-order valence-electron chi connectivity index (χ1n) is 4.36. The number of anilines is 1. The van der Waals surface area contributed by atoms with Crippen LogP contribution in [0, 0.1) is 0 Å². The average Bonchev–Trinajstić information content (AvgIpc) is 2.30. The number of rotatable bonds is 2. The van der Waals surface area contributed by atoms with Gasteiger partial charge in [-0.2, -0.15) is 0 Å². The van der Waals surface area contributed by atoms with Gasteiger partial charge in [0.1, 0.15) is 0 Å². The van der Waals surface area contributed by atoms with Crippen molar-refractivity contribution in [2.75, 3.05) is 5.43 Å². The van der Waals surface area contributed by atoms with Gasteiger partial charge in [0, 0.05) is 16.2 Å². The third kappa shape index (κ3) is 2.14. The lowest BCUT2D eigenvalue weighted by molar-refractivity contribution is 1.12. The van der Waals surface area contributed by atoms with Crippen molar-refractivity contribution < 1.29 is 0 Å². The molecular formula is C10H9BrN4. The van der Waals surface area contributed by atoms with Gasteiger partial charge in [-0.05, 0) is 12.1 Å². The maximum absolute atomic E-state index is 5.25. The van der Waals surface area contributed by atoms with Crippen molar-refractivity contribution in [3.63, 3.8) is 0 Å². The molecule has 2 rings (SSSR count). The van der Waals surface area contributed by atoms with E-state index >= 15 is 0 Å². The Kier molecular flexibility index (Phi) is 2.94. The van der Waals surface area contributed by atoms with Crippen LogP contribution < -0.4 is 11.3 Å². The summed E-state index contributed by atoms with van der Waals surface area (Å²) in [5, 5.41) is 0. The molecule has 15 heavy (non-hydrogen) atoms. The van der Waals surface area contributed by atoms with E-state index in [4.69, 9.17) is 5.84 Å². The van der Waals surface area contributed by atoms with Gasteiger partial charge in [-0.1, -0.05) is 34.1 Å². The van der Waals surface area contributed by atoms with Crippen LogP contribution in [0.15, 0.2) is 41.0 Å². The van der Waals surface area contributed by atoms with Gasteiger partial charge in [-0.3, -0.25) is 5.43 Å². The summed E-state index contributed by atoms with van der Waals surface area (Å²) in [6.07, 6.45) is 1.66. The number of halogens is 1. The summed E-state index contributed by atoms with van der Waals surface area (Å²) in [5.41, 5.74) is 4.25. The zero-order valence-electron chi connectivity index (χ0n) is 7.81. The quantitative estimate of drug-likeness (QED) is 0.645. The van der Waals surface area contributed by atoms with Crippen LogP contribution in [0.25, 0.3) is 11.3 Å². The summed E-state index contributed by atoms with van der Waals surface area (Å²) < 4.78 is 0.992. The van der Waals surface area contributed by atoms with E-state index < -0.39 is 0 Å². The first kappa shape index (κ1) is 10.1. The third-order valence-corrected chi connectivity index (χ3v) is 2.63. The van der Waals surface area contributed by atoms with Gasteiger partial charge in [0.25, 0.3) is 0 Å². The molecule has 1 aromatic heterocycles. The molecule has 1 aromatic carbocycles. The number of hydrazine groups is 1. The van der Waals surface area contributed by atoms with Crippen molar-refractivity contribution in [2.45, 2.75) is 0 Å². The van der Waals surface area contributed by atoms with E-state index in [-0.39, 0.29) is 0 Å². The summed E-state index contributed by atoms with van der Waals surface area (Å²) in [4.78, 5) is 8.20. The van der Waals surface area contributed by atoms with Gasteiger partial charge in [0.15, 0.2) is 0 Å². The van der Waals surface area contributed by atoms with Crippen molar-refractivity contribution in [1.29, 1.82) is 0 Å². The molecule has 0 aliphatic rings. The van der Waals surface area contributed by atoms with Gasteiger partial charge in [0.05, 0.1) is 5.69 Å². The minimum absolute atomic E-state index is 0.406. The van der Waals surface area contributed by atoms with E-state index in [1.807, 2.05) is 30.3 Å². The SMILES string of the molecule is NNc1nccc(-c2ccccc2Br)n1. The molecule has 76 valence electrons. The standard InChI is InChI=1S/C10H9BrN4/c11-8-4-2-1-3-7(8)9-5-6-13-10(14-9)15-12/h1-6H,12H2,(H,13,14,15). The molecule has 0 spiro atoms. The Labute approximate surface area is 95.7 Å². The Hall–Kier alpha value is -1.46. The van der Waals surface area contributed by atoms with Crippen LogP contribution in [0.3, 0.4) is 0 Å². The lowest BCUT2D eigenvalue weighted by Crippen LogP contribution is -2.10. The number of aromatic nitrogens is 2. The lowest BCUT2D eigenvalue weighted by Gasteiger charge is -2.04. The van der Waals surface area contributed by atoms with Crippen molar-refractivity contribution >= 4 is 21.9 Å². The summed E-state index contributed by atoms with van der Waals surface area (Å²) in [5.74, 6) is 5.65. The molecule has 0 bridgehead atoms. The number of hydrogen-bond donors (Lipinski definition) is 2. The number of hydrogen-bond acceptors (Lipinski definition) is 4. The summed E-state index contributed by atoms with van der Waals surface area (Å²) >= 11 is 3.47. The van der Waals surface area contributed by atoms with Crippen molar-refractivity contribution in [1.82, 2.24) is 9.97 Å². The lowest BCUT2D eigenvalue weighted by atomic mass is 10.1. The highest BCUT2D eigenvalue weighted by Crippen LogP contribution is 2.26. The summed E-state index contributed by atoms with van der Waals surface area (Å²) in [7, 11) is 0. The van der Waals surface area contributed by atoms with Crippen LogP contribution in [0.4, 0.5) is 5.95 Å². The van der Waals surface area contributed by atoms with Crippen LogP contribution >= 0.6 is 15.9 Å². The van der Waals surface area contributed by atoms with Crippen LogP contribution in [-0.2, 0) is 0 Å². The number of nitrogens with zero attached hydrogens (tertiary/aromatic N) is 2. The second kappa shape index (κ2) is 4.37. The normalized spacial score (nSPS) is 10.0. The van der Waals surface area contributed by atoms with Gasteiger partial charge in [0.2, 0.25) is 5.95 Å². The molecule has 3 N–H and O–H groups in total. The fourth-order valence-corrected chi connectivity index (χ4v) is 1.74. The zero-order valence-corrected chi connectivity index (χ0v) is 9.40. The second-order valence-corrected chi connectivity index (χ2v) is 3.74.